The maximum Gasteiger partial charge on any atom is 0.336 e. The molecule has 0 aliphatic heterocycles. The van der Waals surface area contributed by atoms with Crippen LogP contribution in [0.2, 0.25) is 0 Å². The number of nitrogens with zero attached hydrogens (tertiary/aromatic N) is 1. The Hall–Kier alpha value is -3.14. The summed E-state index contributed by atoms with van der Waals surface area (Å²) in [5, 5.41) is 10.6. The number of fused-ring (bicyclic) bond motifs is 2. The lowest BCUT2D eigenvalue weighted by Gasteiger charge is -2.21. The fourth-order valence-corrected chi connectivity index (χ4v) is 3.99. The van der Waals surface area contributed by atoms with Crippen LogP contribution in [0.5, 0.6) is 5.75 Å². The molecule has 0 fully saturated rings. The Morgan fingerprint density at radius 3 is 2.63 bits per heavy atom. The van der Waals surface area contributed by atoms with Crippen LogP contribution in [-0.2, 0) is 6.42 Å². The zero-order valence-corrected chi connectivity index (χ0v) is 17.5. The van der Waals surface area contributed by atoms with Crippen LogP contribution in [0.4, 0.5) is 0 Å². The highest BCUT2D eigenvalue weighted by Gasteiger charge is 2.24. The zero-order valence-electron chi connectivity index (χ0n) is 17.5. The summed E-state index contributed by atoms with van der Waals surface area (Å²) >= 11 is 0. The number of hydrogen-bond donors (Lipinski definition) is 1. The molecule has 4 heteroatoms. The minimum atomic E-state index is -0.881. The van der Waals surface area contributed by atoms with Crippen molar-refractivity contribution in [1.29, 1.82) is 0 Å². The number of aromatic nitrogens is 1. The molecular formula is C26H27NO3. The van der Waals surface area contributed by atoms with E-state index in [9.17, 15) is 9.90 Å². The molecule has 4 nitrogen and oxygen atoms in total. The number of carboxylic acids is 1. The summed E-state index contributed by atoms with van der Waals surface area (Å²) in [5.41, 5.74) is 4.98. The Kier molecular flexibility index (Phi) is 5.84. The molecule has 3 aromatic rings. The van der Waals surface area contributed by atoms with Crippen molar-refractivity contribution < 1.29 is 14.6 Å². The second-order valence-corrected chi connectivity index (χ2v) is 8.26. The van der Waals surface area contributed by atoms with Crippen molar-refractivity contribution in [2.45, 2.75) is 39.5 Å². The van der Waals surface area contributed by atoms with Gasteiger partial charge >= 0.3 is 5.97 Å². The molecule has 0 saturated heterocycles. The molecule has 0 radical (unpaired) electrons. The van der Waals surface area contributed by atoms with Crippen LogP contribution in [0.1, 0.15) is 60.3 Å². The highest BCUT2D eigenvalue weighted by atomic mass is 16.5. The molecule has 1 aliphatic rings. The second kappa shape index (κ2) is 8.70. The molecule has 0 unspecified atom stereocenters. The predicted octanol–water partition coefficient (Wildman–Crippen LogP) is 6.23. The SMILES string of the molecule is CC(C)CCOc1ccc(C=C2CCCc3c2nc2ccccc2c3C(=O)O)cc1. The van der Waals surface area contributed by atoms with E-state index in [4.69, 9.17) is 9.72 Å². The van der Waals surface area contributed by atoms with Gasteiger partial charge in [-0.25, -0.2) is 9.78 Å². The first-order chi connectivity index (χ1) is 14.5. The third kappa shape index (κ3) is 4.23. The highest BCUT2D eigenvalue weighted by molar-refractivity contribution is 6.05. The maximum absolute atomic E-state index is 12.1. The van der Waals surface area contributed by atoms with Crippen molar-refractivity contribution in [1.82, 2.24) is 4.98 Å². The highest BCUT2D eigenvalue weighted by Crippen LogP contribution is 2.36. The Labute approximate surface area is 177 Å². The molecule has 4 rings (SSSR count). The largest absolute Gasteiger partial charge is 0.494 e. The van der Waals surface area contributed by atoms with Gasteiger partial charge in [0, 0.05) is 5.39 Å². The van der Waals surface area contributed by atoms with Crippen LogP contribution in [0.3, 0.4) is 0 Å². The monoisotopic (exact) mass is 401 g/mol. The second-order valence-electron chi connectivity index (χ2n) is 8.26. The first kappa shape index (κ1) is 20.1. The van der Waals surface area contributed by atoms with E-state index in [0.717, 1.165) is 66.0 Å². The molecule has 0 saturated carbocycles. The van der Waals surface area contributed by atoms with Crippen LogP contribution < -0.4 is 4.74 Å². The summed E-state index contributed by atoms with van der Waals surface area (Å²) in [6, 6.07) is 15.6. The lowest BCUT2D eigenvalue weighted by molar-refractivity contribution is 0.0697. The van der Waals surface area contributed by atoms with Crippen LogP contribution >= 0.6 is 0 Å². The summed E-state index contributed by atoms with van der Waals surface area (Å²) in [6.45, 7) is 5.10. The molecule has 154 valence electrons. The summed E-state index contributed by atoms with van der Waals surface area (Å²) < 4.78 is 5.81. The molecule has 1 aromatic heterocycles. The van der Waals surface area contributed by atoms with Gasteiger partial charge in [-0.2, -0.15) is 0 Å². The fourth-order valence-electron chi connectivity index (χ4n) is 3.99. The number of hydrogen-bond acceptors (Lipinski definition) is 3. The normalized spacial score (nSPS) is 14.8. The zero-order chi connectivity index (χ0) is 21.1. The number of para-hydroxylation sites is 1. The Bertz CT molecular complexity index is 1100. The molecule has 1 aliphatic carbocycles. The molecule has 0 bridgehead atoms. The first-order valence-corrected chi connectivity index (χ1v) is 10.6. The molecule has 0 amide bonds. The van der Waals surface area contributed by atoms with Crippen molar-refractivity contribution >= 4 is 28.5 Å². The smallest absolute Gasteiger partial charge is 0.336 e. The predicted molar refractivity (Wildman–Crippen MR) is 121 cm³/mol. The first-order valence-electron chi connectivity index (χ1n) is 10.6. The van der Waals surface area contributed by atoms with Gasteiger partial charge in [-0.05, 0) is 72.6 Å². The quantitative estimate of drug-likeness (QED) is 0.531. The van der Waals surface area contributed by atoms with Gasteiger partial charge in [0.15, 0.2) is 0 Å². The lowest BCUT2D eigenvalue weighted by atomic mass is 9.86. The maximum atomic E-state index is 12.1. The van der Waals surface area contributed by atoms with Gasteiger partial charge in [-0.3, -0.25) is 0 Å². The number of rotatable bonds is 6. The Morgan fingerprint density at radius 1 is 1.13 bits per heavy atom. The average molecular weight is 402 g/mol. The van der Waals surface area contributed by atoms with Gasteiger partial charge in [-0.15, -0.1) is 0 Å². The summed E-state index contributed by atoms with van der Waals surface area (Å²) in [6.07, 6.45) is 5.73. The van der Waals surface area contributed by atoms with Gasteiger partial charge in [0.05, 0.1) is 23.4 Å². The number of ether oxygens (including phenoxy) is 1. The van der Waals surface area contributed by atoms with Gasteiger partial charge in [0.25, 0.3) is 0 Å². The van der Waals surface area contributed by atoms with Crippen LogP contribution in [0.25, 0.3) is 22.6 Å². The van der Waals surface area contributed by atoms with Gasteiger partial charge in [-0.1, -0.05) is 44.2 Å². The Morgan fingerprint density at radius 2 is 1.90 bits per heavy atom. The average Bonchev–Trinajstić information content (AvgIpc) is 2.73. The third-order valence-electron chi connectivity index (χ3n) is 5.57. The van der Waals surface area contributed by atoms with Crippen LogP contribution in [-0.4, -0.2) is 22.7 Å². The number of pyridine rings is 1. The van der Waals surface area contributed by atoms with Crippen molar-refractivity contribution in [3.05, 3.63) is 70.9 Å². The number of aromatic carboxylic acids is 1. The van der Waals surface area contributed by atoms with Crippen molar-refractivity contribution in [2.75, 3.05) is 6.61 Å². The fraction of sp³-hybridized carbons (Fsp3) is 0.308. The molecule has 30 heavy (non-hydrogen) atoms. The molecule has 1 heterocycles. The van der Waals surface area contributed by atoms with E-state index in [1.54, 1.807) is 0 Å². The molecule has 0 atom stereocenters. The minimum absolute atomic E-state index is 0.398. The number of benzene rings is 2. The van der Waals surface area contributed by atoms with Crippen LogP contribution in [0, 0.1) is 5.92 Å². The topological polar surface area (TPSA) is 59.4 Å². The molecule has 2 aromatic carbocycles. The molecule has 0 spiro atoms. The van der Waals surface area contributed by atoms with E-state index >= 15 is 0 Å². The summed E-state index contributed by atoms with van der Waals surface area (Å²) in [5.74, 6) is 0.618. The molecule has 1 N–H and O–H groups in total. The number of carboxylic acid groups (broad SMARTS) is 1. The van der Waals surface area contributed by atoms with Crippen LogP contribution in [0.15, 0.2) is 48.5 Å². The van der Waals surface area contributed by atoms with E-state index < -0.39 is 5.97 Å². The Balaban J connectivity index is 1.67. The van der Waals surface area contributed by atoms with E-state index in [0.29, 0.717) is 16.9 Å². The van der Waals surface area contributed by atoms with Crippen molar-refractivity contribution in [3.8, 4) is 5.75 Å². The lowest BCUT2D eigenvalue weighted by Crippen LogP contribution is -2.13. The minimum Gasteiger partial charge on any atom is -0.494 e. The van der Waals surface area contributed by atoms with Gasteiger partial charge < -0.3 is 9.84 Å². The molecular weight excluding hydrogens is 374 g/mol. The summed E-state index contributed by atoms with van der Waals surface area (Å²) in [7, 11) is 0. The number of carbonyl (C=O) groups is 1. The van der Waals surface area contributed by atoms with Gasteiger partial charge in [0.1, 0.15) is 5.75 Å². The van der Waals surface area contributed by atoms with Crippen molar-refractivity contribution in [3.63, 3.8) is 0 Å². The number of allylic oxidation sites excluding steroid dienone is 1. The van der Waals surface area contributed by atoms with E-state index in [-0.39, 0.29) is 0 Å². The van der Waals surface area contributed by atoms with Crippen molar-refractivity contribution in [2.24, 2.45) is 5.92 Å². The van der Waals surface area contributed by atoms with E-state index in [1.165, 1.54) is 0 Å². The standard InChI is InChI=1S/C26H27NO3/c1-17(2)14-15-30-20-12-10-18(11-13-20)16-19-6-5-8-22-24(26(28)29)21-7-3-4-9-23(21)27-25(19)22/h3-4,7,9-13,16-17H,5-6,8,14-15H2,1-2H3,(H,28,29). The van der Waals surface area contributed by atoms with E-state index in [2.05, 4.69) is 19.9 Å². The van der Waals surface area contributed by atoms with Gasteiger partial charge in [0.2, 0.25) is 0 Å². The summed E-state index contributed by atoms with van der Waals surface area (Å²) in [4.78, 5) is 16.9. The van der Waals surface area contributed by atoms with E-state index in [1.807, 2.05) is 48.5 Å². The third-order valence-corrected chi connectivity index (χ3v) is 5.57.